The van der Waals surface area contributed by atoms with E-state index >= 15 is 0 Å². The lowest BCUT2D eigenvalue weighted by molar-refractivity contribution is 0.158. The lowest BCUT2D eigenvalue weighted by Crippen LogP contribution is -2.41. The Hall–Kier alpha value is -0.0400. The molecule has 3 unspecified atom stereocenters. The highest BCUT2D eigenvalue weighted by Crippen LogP contribution is 2.35. The molecule has 0 bridgehead atoms. The summed E-state index contributed by atoms with van der Waals surface area (Å²) >= 11 is 0. The number of unbranched alkanes of at least 4 members (excludes halogenated alkanes) is 1. The Morgan fingerprint density at radius 1 is 1.00 bits per heavy atom. The number of rotatable bonds is 5. The van der Waals surface area contributed by atoms with Crippen LogP contribution in [0.15, 0.2) is 4.99 Å². The molecule has 1 N–H and O–H groups in total. The van der Waals surface area contributed by atoms with E-state index < -0.39 is 0 Å². The molecule has 0 radical (unpaired) electrons. The molecular weight excluding hydrogens is 423 g/mol. The average Bonchev–Trinajstić information content (AvgIpc) is 3.03. The maximum atomic E-state index is 4.55. The number of guanidine groups is 1. The summed E-state index contributed by atoms with van der Waals surface area (Å²) < 4.78 is 0. The van der Waals surface area contributed by atoms with E-state index in [2.05, 4.69) is 27.0 Å². The van der Waals surface area contributed by atoms with E-state index in [1.807, 2.05) is 7.05 Å². The molecule has 0 aromatic heterocycles. The SMILES string of the molecule is CN=C(NCCCCN1CCCCC1C)N1CC2CCCCC2C1.I. The third-order valence-electron chi connectivity index (χ3n) is 6.58. The summed E-state index contributed by atoms with van der Waals surface area (Å²) in [6, 6.07) is 0.799. The second-order valence-corrected chi connectivity index (χ2v) is 8.27. The first-order chi connectivity index (χ1) is 11.8. The van der Waals surface area contributed by atoms with Gasteiger partial charge >= 0.3 is 0 Å². The van der Waals surface area contributed by atoms with Gasteiger partial charge in [-0.3, -0.25) is 4.99 Å². The molecule has 2 heterocycles. The highest BCUT2D eigenvalue weighted by atomic mass is 127. The molecule has 0 amide bonds. The molecule has 2 saturated heterocycles. The Kier molecular flexibility index (Phi) is 9.31. The summed E-state index contributed by atoms with van der Waals surface area (Å²) in [4.78, 5) is 9.75. The van der Waals surface area contributed by atoms with E-state index in [0.717, 1.165) is 30.4 Å². The number of piperidine rings is 1. The molecule has 1 aliphatic carbocycles. The van der Waals surface area contributed by atoms with Crippen molar-refractivity contribution in [2.75, 3.05) is 39.8 Å². The van der Waals surface area contributed by atoms with Crippen LogP contribution >= 0.6 is 24.0 Å². The summed E-state index contributed by atoms with van der Waals surface area (Å²) in [5.74, 6) is 3.01. The molecule has 0 spiro atoms. The number of halogens is 1. The Morgan fingerprint density at radius 3 is 2.32 bits per heavy atom. The molecule has 25 heavy (non-hydrogen) atoms. The predicted molar refractivity (Wildman–Crippen MR) is 118 cm³/mol. The largest absolute Gasteiger partial charge is 0.356 e. The first kappa shape index (κ1) is 21.3. The standard InChI is InChI=1S/C20H38N4.HI/c1-17-9-5-7-13-23(17)14-8-6-12-22-20(21-2)24-15-18-10-3-4-11-19(18)16-24;/h17-19H,3-16H2,1-2H3,(H,21,22);1H. The first-order valence-electron chi connectivity index (χ1n) is 10.5. The zero-order chi connectivity index (χ0) is 16.8. The number of hydrogen-bond acceptors (Lipinski definition) is 2. The van der Waals surface area contributed by atoms with Crippen LogP contribution in [0.25, 0.3) is 0 Å². The van der Waals surface area contributed by atoms with Gasteiger partial charge in [0, 0.05) is 32.7 Å². The minimum absolute atomic E-state index is 0. The molecule has 0 aromatic rings. The fraction of sp³-hybridized carbons (Fsp3) is 0.950. The monoisotopic (exact) mass is 462 g/mol. The minimum atomic E-state index is 0. The van der Waals surface area contributed by atoms with Gasteiger partial charge in [0.15, 0.2) is 5.96 Å². The number of likely N-dealkylation sites (tertiary alicyclic amines) is 2. The second-order valence-electron chi connectivity index (χ2n) is 8.27. The number of hydrogen-bond donors (Lipinski definition) is 1. The molecular formula is C20H39IN4. The van der Waals surface area contributed by atoms with Gasteiger partial charge in [-0.1, -0.05) is 19.3 Å². The van der Waals surface area contributed by atoms with Crippen molar-refractivity contribution in [1.82, 2.24) is 15.1 Å². The van der Waals surface area contributed by atoms with Crippen LogP contribution in [0.5, 0.6) is 0 Å². The second kappa shape index (κ2) is 11.0. The zero-order valence-corrected chi connectivity index (χ0v) is 18.7. The van der Waals surface area contributed by atoms with Crippen molar-refractivity contribution in [2.24, 2.45) is 16.8 Å². The van der Waals surface area contributed by atoms with Crippen molar-refractivity contribution in [1.29, 1.82) is 0 Å². The Balaban J connectivity index is 0.00000225. The van der Waals surface area contributed by atoms with Crippen LogP contribution in [0.2, 0.25) is 0 Å². The Labute approximate surface area is 172 Å². The number of aliphatic imine (C=N–C) groups is 1. The van der Waals surface area contributed by atoms with Gasteiger partial charge in [0.25, 0.3) is 0 Å². The van der Waals surface area contributed by atoms with Crippen molar-refractivity contribution in [3.63, 3.8) is 0 Å². The highest BCUT2D eigenvalue weighted by Gasteiger charge is 2.35. The highest BCUT2D eigenvalue weighted by molar-refractivity contribution is 14.0. The van der Waals surface area contributed by atoms with E-state index in [9.17, 15) is 0 Å². The average molecular weight is 462 g/mol. The van der Waals surface area contributed by atoms with Crippen LogP contribution in [0.4, 0.5) is 0 Å². The molecule has 4 nitrogen and oxygen atoms in total. The third kappa shape index (κ3) is 5.98. The summed E-state index contributed by atoms with van der Waals surface area (Å²) in [6.45, 7) is 8.51. The fourth-order valence-corrected chi connectivity index (χ4v) is 5.04. The van der Waals surface area contributed by atoms with Crippen LogP contribution in [0.3, 0.4) is 0 Å². The molecule has 146 valence electrons. The van der Waals surface area contributed by atoms with E-state index in [1.165, 1.54) is 84.0 Å². The van der Waals surface area contributed by atoms with Gasteiger partial charge in [-0.05, 0) is 70.4 Å². The van der Waals surface area contributed by atoms with Gasteiger partial charge in [0.05, 0.1) is 0 Å². The van der Waals surface area contributed by atoms with Crippen molar-refractivity contribution in [3.05, 3.63) is 0 Å². The molecule has 1 saturated carbocycles. The smallest absolute Gasteiger partial charge is 0.193 e. The summed E-state index contributed by atoms with van der Waals surface area (Å²) in [7, 11) is 1.94. The molecule has 2 aliphatic heterocycles. The van der Waals surface area contributed by atoms with Crippen LogP contribution in [-0.2, 0) is 0 Å². The van der Waals surface area contributed by atoms with E-state index in [1.54, 1.807) is 0 Å². The summed E-state index contributed by atoms with van der Waals surface area (Å²) in [6.07, 6.45) is 12.5. The van der Waals surface area contributed by atoms with Gasteiger partial charge in [0.2, 0.25) is 0 Å². The maximum absolute atomic E-state index is 4.55. The van der Waals surface area contributed by atoms with Crippen LogP contribution in [0.1, 0.15) is 64.7 Å². The predicted octanol–water partition coefficient (Wildman–Crippen LogP) is 3.96. The topological polar surface area (TPSA) is 30.9 Å². The first-order valence-corrected chi connectivity index (χ1v) is 10.5. The Bertz CT molecular complexity index is 401. The van der Waals surface area contributed by atoms with E-state index in [-0.39, 0.29) is 24.0 Å². The summed E-state index contributed by atoms with van der Waals surface area (Å²) in [5, 5.41) is 3.63. The quantitative estimate of drug-likeness (QED) is 0.291. The van der Waals surface area contributed by atoms with Crippen molar-refractivity contribution in [2.45, 2.75) is 70.8 Å². The van der Waals surface area contributed by atoms with Gasteiger partial charge in [-0.25, -0.2) is 0 Å². The van der Waals surface area contributed by atoms with Crippen molar-refractivity contribution in [3.8, 4) is 0 Å². The van der Waals surface area contributed by atoms with E-state index in [0.29, 0.717) is 0 Å². The third-order valence-corrected chi connectivity index (χ3v) is 6.58. The molecule has 5 heteroatoms. The number of nitrogens with one attached hydrogen (secondary N) is 1. The van der Waals surface area contributed by atoms with Crippen LogP contribution < -0.4 is 5.32 Å². The van der Waals surface area contributed by atoms with Crippen LogP contribution in [-0.4, -0.2) is 61.6 Å². The lowest BCUT2D eigenvalue weighted by Gasteiger charge is -2.33. The molecule has 3 rings (SSSR count). The van der Waals surface area contributed by atoms with Gasteiger partial charge in [0.1, 0.15) is 0 Å². The van der Waals surface area contributed by atoms with Gasteiger partial charge in [-0.15, -0.1) is 24.0 Å². The lowest BCUT2D eigenvalue weighted by atomic mass is 9.82. The minimum Gasteiger partial charge on any atom is -0.356 e. The zero-order valence-electron chi connectivity index (χ0n) is 16.4. The molecule has 0 aromatic carbocycles. The molecule has 3 atom stereocenters. The van der Waals surface area contributed by atoms with Crippen molar-refractivity contribution >= 4 is 29.9 Å². The summed E-state index contributed by atoms with van der Waals surface area (Å²) in [5.41, 5.74) is 0. The number of fused-ring (bicyclic) bond motifs is 1. The van der Waals surface area contributed by atoms with Crippen molar-refractivity contribution < 1.29 is 0 Å². The molecule has 3 aliphatic rings. The van der Waals surface area contributed by atoms with Gasteiger partial charge in [-0.2, -0.15) is 0 Å². The Morgan fingerprint density at radius 2 is 1.68 bits per heavy atom. The van der Waals surface area contributed by atoms with E-state index in [4.69, 9.17) is 0 Å². The fourth-order valence-electron chi connectivity index (χ4n) is 5.04. The number of nitrogens with zero attached hydrogens (tertiary/aromatic N) is 3. The normalized spacial score (nSPS) is 30.7. The maximum Gasteiger partial charge on any atom is 0.193 e. The molecule has 3 fully saturated rings. The van der Waals surface area contributed by atoms with Crippen LogP contribution in [0, 0.1) is 11.8 Å². The van der Waals surface area contributed by atoms with Gasteiger partial charge < -0.3 is 15.1 Å².